The molecular weight excluding hydrogens is 641 g/mol. The molecule has 0 spiro atoms. The number of ether oxygens (including phenoxy) is 3. The van der Waals surface area contributed by atoms with Crippen molar-refractivity contribution in [3.63, 3.8) is 0 Å². The Balaban J connectivity index is 1.12. The summed E-state index contributed by atoms with van der Waals surface area (Å²) in [6.07, 6.45) is 20.8. The van der Waals surface area contributed by atoms with Crippen molar-refractivity contribution in [3.8, 4) is 5.75 Å². The van der Waals surface area contributed by atoms with Crippen LogP contribution in [0, 0.1) is 23.2 Å². The number of fused-ring (bicyclic) bond motifs is 5. The summed E-state index contributed by atoms with van der Waals surface area (Å²) >= 11 is 0. The average molecular weight is 703 g/mol. The van der Waals surface area contributed by atoms with E-state index in [1.54, 1.807) is 11.1 Å². The van der Waals surface area contributed by atoms with E-state index in [0.29, 0.717) is 31.7 Å². The Morgan fingerprint density at radius 2 is 1.60 bits per heavy atom. The van der Waals surface area contributed by atoms with Gasteiger partial charge in [-0.15, -0.1) is 0 Å². The molecule has 3 aromatic rings. The Kier molecular flexibility index (Phi) is 13.9. The number of unbranched alkanes of at least 4 members (excludes halogenated alkanes) is 4. The van der Waals surface area contributed by atoms with Gasteiger partial charge >= 0.3 is 5.97 Å². The highest BCUT2D eigenvalue weighted by Crippen LogP contribution is 2.61. The lowest BCUT2D eigenvalue weighted by Gasteiger charge is -2.48. The van der Waals surface area contributed by atoms with Gasteiger partial charge in [0.15, 0.2) is 0 Å². The van der Waals surface area contributed by atoms with E-state index in [0.717, 1.165) is 63.5 Å². The van der Waals surface area contributed by atoms with E-state index in [9.17, 15) is 4.79 Å². The lowest BCUT2D eigenvalue weighted by molar-refractivity contribution is -0.148. The Morgan fingerprint density at radius 1 is 0.846 bits per heavy atom. The van der Waals surface area contributed by atoms with Gasteiger partial charge in [-0.25, -0.2) is 0 Å². The zero-order valence-corrected chi connectivity index (χ0v) is 32.1. The van der Waals surface area contributed by atoms with E-state index < -0.39 is 0 Å². The second-order valence-corrected chi connectivity index (χ2v) is 15.8. The number of carbonyl (C=O) groups is 1. The second kappa shape index (κ2) is 18.9. The van der Waals surface area contributed by atoms with Gasteiger partial charge in [0.2, 0.25) is 0 Å². The third-order valence-corrected chi connectivity index (χ3v) is 12.2. The van der Waals surface area contributed by atoms with Gasteiger partial charge in [0.05, 0.1) is 25.2 Å². The lowest BCUT2D eigenvalue weighted by Crippen LogP contribution is -2.42. The number of carbonyl (C=O) groups excluding carboxylic acids is 1. The van der Waals surface area contributed by atoms with E-state index in [-0.39, 0.29) is 23.4 Å². The minimum Gasteiger partial charge on any atom is -0.489 e. The molecule has 3 aliphatic carbocycles. The van der Waals surface area contributed by atoms with Gasteiger partial charge in [-0.2, -0.15) is 0 Å². The first-order chi connectivity index (χ1) is 25.5. The number of hydrogen-bond acceptors (Lipinski definition) is 4. The molecule has 3 aromatic carbocycles. The number of allylic oxidation sites excluding steroid dienone is 4. The molecule has 0 N–H and O–H groups in total. The molecule has 278 valence electrons. The Morgan fingerprint density at radius 3 is 2.35 bits per heavy atom. The zero-order chi connectivity index (χ0) is 36.2. The van der Waals surface area contributed by atoms with Gasteiger partial charge in [0, 0.05) is 5.41 Å². The van der Waals surface area contributed by atoms with E-state index in [1.807, 2.05) is 6.92 Å². The molecule has 1 saturated carbocycles. The predicted molar refractivity (Wildman–Crippen MR) is 213 cm³/mol. The van der Waals surface area contributed by atoms with Gasteiger partial charge in [-0.05, 0) is 123 Å². The SMILES string of the molecule is CCCC(CCCCCC/C=C/CC1=C2c3ccc(OCc4ccccc4)cc3CCC2C2CCC(OCc3ccccc3)C2(C)C1)C(=O)OCC. The fraction of sp³-hybridized carbons (Fsp3) is 0.521. The minimum atomic E-state index is -0.00288. The highest BCUT2D eigenvalue weighted by atomic mass is 16.5. The van der Waals surface area contributed by atoms with Gasteiger partial charge in [0.25, 0.3) is 0 Å². The van der Waals surface area contributed by atoms with E-state index in [4.69, 9.17) is 14.2 Å². The van der Waals surface area contributed by atoms with Crippen molar-refractivity contribution < 1.29 is 19.0 Å². The minimum absolute atomic E-state index is 0.00288. The molecule has 5 unspecified atom stereocenters. The van der Waals surface area contributed by atoms with Crippen LogP contribution in [0.3, 0.4) is 0 Å². The van der Waals surface area contributed by atoms with Crippen LogP contribution in [-0.2, 0) is 33.9 Å². The van der Waals surface area contributed by atoms with Crippen molar-refractivity contribution in [3.05, 3.63) is 119 Å². The van der Waals surface area contributed by atoms with Crippen LogP contribution >= 0.6 is 0 Å². The molecule has 0 saturated heterocycles. The molecule has 52 heavy (non-hydrogen) atoms. The first-order valence-electron chi connectivity index (χ1n) is 20.5. The number of rotatable bonds is 19. The lowest BCUT2D eigenvalue weighted by atomic mass is 9.57. The molecule has 4 nitrogen and oxygen atoms in total. The van der Waals surface area contributed by atoms with Gasteiger partial charge in [-0.1, -0.05) is 124 Å². The third-order valence-electron chi connectivity index (χ3n) is 12.2. The Bertz CT molecular complexity index is 1620. The monoisotopic (exact) mass is 702 g/mol. The zero-order valence-electron chi connectivity index (χ0n) is 32.1. The van der Waals surface area contributed by atoms with Crippen molar-refractivity contribution in [2.24, 2.45) is 23.2 Å². The number of hydrogen-bond donors (Lipinski definition) is 0. The fourth-order valence-electron chi connectivity index (χ4n) is 9.64. The highest BCUT2D eigenvalue weighted by Gasteiger charge is 2.54. The van der Waals surface area contributed by atoms with Crippen LogP contribution in [0.15, 0.2) is 96.6 Å². The largest absolute Gasteiger partial charge is 0.489 e. The molecule has 4 heteroatoms. The van der Waals surface area contributed by atoms with Crippen molar-refractivity contribution in [1.82, 2.24) is 0 Å². The Labute approximate surface area is 314 Å². The molecule has 0 bridgehead atoms. The van der Waals surface area contributed by atoms with Crippen LogP contribution in [-0.4, -0.2) is 18.7 Å². The normalized spacial score (nSPS) is 22.9. The summed E-state index contributed by atoms with van der Waals surface area (Å²) in [5, 5.41) is 0. The standard InChI is InChI=1S/C48H62O4/c1-4-19-38(47(49)50-5-2)24-17-9-7-6-8-10-18-25-40-33-48(3)44(30-31-45(48)52-35-37-22-15-12-16-23-37)43-28-26-39-32-41(27-29-42(39)46(40)43)51-34-36-20-13-11-14-21-36/h10-16,18,20-23,27,29,32,38,43-45H,4-9,17,19,24-26,28,30-31,33-35H2,1-3H3/b18-10+. The smallest absolute Gasteiger partial charge is 0.308 e. The molecule has 0 aromatic heterocycles. The van der Waals surface area contributed by atoms with E-state index >= 15 is 0 Å². The van der Waals surface area contributed by atoms with Crippen LogP contribution in [0.5, 0.6) is 5.75 Å². The first-order valence-corrected chi connectivity index (χ1v) is 20.5. The van der Waals surface area contributed by atoms with Crippen molar-refractivity contribution in [2.75, 3.05) is 6.61 Å². The third kappa shape index (κ3) is 9.47. The van der Waals surface area contributed by atoms with Gasteiger partial charge < -0.3 is 14.2 Å². The maximum Gasteiger partial charge on any atom is 0.308 e. The summed E-state index contributed by atoms with van der Waals surface area (Å²) in [6.45, 7) is 8.36. The molecule has 3 aliphatic rings. The van der Waals surface area contributed by atoms with Crippen molar-refractivity contribution >= 4 is 11.5 Å². The topological polar surface area (TPSA) is 44.8 Å². The van der Waals surface area contributed by atoms with Gasteiger partial charge in [0.1, 0.15) is 12.4 Å². The maximum absolute atomic E-state index is 12.3. The summed E-state index contributed by atoms with van der Waals surface area (Å²) in [4.78, 5) is 12.3. The molecule has 6 rings (SSSR count). The predicted octanol–water partition coefficient (Wildman–Crippen LogP) is 12.3. The van der Waals surface area contributed by atoms with Crippen LogP contribution < -0.4 is 4.74 Å². The summed E-state index contributed by atoms with van der Waals surface area (Å²) in [5.74, 6) is 2.28. The molecule has 5 atom stereocenters. The molecular formula is C48H62O4. The maximum atomic E-state index is 12.3. The van der Waals surface area contributed by atoms with E-state index in [1.165, 1.54) is 54.4 Å². The number of aryl methyl sites for hydroxylation is 1. The van der Waals surface area contributed by atoms with Crippen molar-refractivity contribution in [2.45, 2.75) is 130 Å². The second-order valence-electron chi connectivity index (χ2n) is 15.8. The summed E-state index contributed by atoms with van der Waals surface area (Å²) < 4.78 is 18.4. The molecule has 0 radical (unpaired) electrons. The van der Waals surface area contributed by atoms with Crippen LogP contribution in [0.1, 0.15) is 126 Å². The van der Waals surface area contributed by atoms with Crippen LogP contribution in [0.4, 0.5) is 0 Å². The molecule has 0 aliphatic heterocycles. The number of esters is 1. The Hall–Kier alpha value is -3.63. The van der Waals surface area contributed by atoms with Gasteiger partial charge in [-0.3, -0.25) is 4.79 Å². The molecule has 1 fully saturated rings. The highest BCUT2D eigenvalue weighted by molar-refractivity contribution is 5.77. The van der Waals surface area contributed by atoms with E-state index in [2.05, 4.69) is 105 Å². The van der Waals surface area contributed by atoms with Crippen LogP contribution in [0.25, 0.3) is 5.57 Å². The fourth-order valence-corrected chi connectivity index (χ4v) is 9.64. The molecule has 0 amide bonds. The first kappa shape index (κ1) is 38.1. The molecule has 0 heterocycles. The van der Waals surface area contributed by atoms with Crippen LogP contribution in [0.2, 0.25) is 0 Å². The quantitative estimate of drug-likeness (QED) is 0.0709. The average Bonchev–Trinajstić information content (AvgIpc) is 3.51. The van der Waals surface area contributed by atoms with Crippen molar-refractivity contribution in [1.29, 1.82) is 0 Å². The summed E-state index contributed by atoms with van der Waals surface area (Å²) in [6, 6.07) is 28.0. The number of benzene rings is 3. The summed E-state index contributed by atoms with van der Waals surface area (Å²) in [7, 11) is 0. The summed E-state index contributed by atoms with van der Waals surface area (Å²) in [5.41, 5.74) is 8.78.